The van der Waals surface area contributed by atoms with Gasteiger partial charge in [-0.1, -0.05) is 0 Å². The van der Waals surface area contributed by atoms with Crippen LogP contribution in [0, 0.1) is 11.3 Å². The number of nitrogens with zero attached hydrogens (tertiary/aromatic N) is 3. The highest BCUT2D eigenvalue weighted by molar-refractivity contribution is 7.90. The predicted octanol–water partition coefficient (Wildman–Crippen LogP) is 3.72. The van der Waals surface area contributed by atoms with Gasteiger partial charge in [0.25, 0.3) is 0 Å². The summed E-state index contributed by atoms with van der Waals surface area (Å²) in [5, 5.41) is 12.7. The third-order valence-electron chi connectivity index (χ3n) is 5.03. The molecule has 0 bridgehead atoms. The molecule has 1 fully saturated rings. The van der Waals surface area contributed by atoms with Crippen LogP contribution in [0.15, 0.2) is 59.6 Å². The van der Waals surface area contributed by atoms with Gasteiger partial charge in [0.2, 0.25) is 0 Å². The van der Waals surface area contributed by atoms with Gasteiger partial charge in [-0.25, -0.2) is 18.4 Å². The first-order valence-corrected chi connectivity index (χ1v) is 12.0. The number of rotatable bonds is 6. The third-order valence-corrected chi connectivity index (χ3v) is 6.16. The molecule has 32 heavy (non-hydrogen) atoms. The van der Waals surface area contributed by atoms with E-state index in [1.165, 1.54) is 18.4 Å². The summed E-state index contributed by atoms with van der Waals surface area (Å²) in [5.74, 6) is 1.54. The molecule has 0 aliphatic carbocycles. The Balaban J connectivity index is 1.53. The van der Waals surface area contributed by atoms with Crippen LogP contribution in [0.3, 0.4) is 0 Å². The molecule has 0 radical (unpaired) electrons. The van der Waals surface area contributed by atoms with Gasteiger partial charge in [0.15, 0.2) is 15.7 Å². The zero-order valence-electron chi connectivity index (χ0n) is 17.5. The van der Waals surface area contributed by atoms with E-state index < -0.39 is 9.84 Å². The molecule has 8 nitrogen and oxygen atoms in total. The van der Waals surface area contributed by atoms with Crippen LogP contribution in [0.2, 0.25) is 0 Å². The minimum atomic E-state index is -3.25. The van der Waals surface area contributed by atoms with Crippen molar-refractivity contribution in [2.24, 2.45) is 0 Å². The largest absolute Gasteiger partial charge is 0.489 e. The van der Waals surface area contributed by atoms with E-state index in [1.54, 1.807) is 36.5 Å². The maximum Gasteiger partial charge on any atom is 0.175 e. The van der Waals surface area contributed by atoms with Crippen molar-refractivity contribution < 1.29 is 17.9 Å². The van der Waals surface area contributed by atoms with Gasteiger partial charge in [-0.05, 0) is 48.5 Å². The molecule has 1 aromatic heterocycles. The minimum absolute atomic E-state index is 0.0413. The van der Waals surface area contributed by atoms with Crippen LogP contribution in [0.1, 0.15) is 18.4 Å². The first kappa shape index (κ1) is 21.7. The normalized spacial score (nSPS) is 14.5. The van der Waals surface area contributed by atoms with Crippen LogP contribution in [0.25, 0.3) is 11.4 Å². The maximum atomic E-state index is 11.6. The monoisotopic (exact) mass is 450 g/mol. The number of hydrogen-bond donors (Lipinski definition) is 1. The maximum absolute atomic E-state index is 11.6. The zero-order chi connectivity index (χ0) is 22.6. The van der Waals surface area contributed by atoms with Crippen molar-refractivity contribution in [3.05, 3.63) is 60.3 Å². The molecule has 1 aliphatic rings. The molecule has 0 atom stereocenters. The summed E-state index contributed by atoms with van der Waals surface area (Å²) >= 11 is 0. The Kier molecular flexibility index (Phi) is 6.35. The lowest BCUT2D eigenvalue weighted by atomic mass is 10.1. The Morgan fingerprint density at radius 1 is 1.12 bits per heavy atom. The van der Waals surface area contributed by atoms with Gasteiger partial charge in [0, 0.05) is 36.5 Å². The third kappa shape index (κ3) is 5.22. The highest BCUT2D eigenvalue weighted by atomic mass is 32.2. The summed E-state index contributed by atoms with van der Waals surface area (Å²) in [6.07, 6.45) is 4.43. The van der Waals surface area contributed by atoms with Crippen molar-refractivity contribution >= 4 is 21.3 Å². The van der Waals surface area contributed by atoms with Crippen molar-refractivity contribution in [1.29, 1.82) is 5.26 Å². The summed E-state index contributed by atoms with van der Waals surface area (Å²) in [7, 11) is -3.25. The lowest BCUT2D eigenvalue weighted by Crippen LogP contribution is -2.26. The average Bonchev–Trinajstić information content (AvgIpc) is 2.80. The topological polar surface area (TPSA) is 114 Å². The molecular formula is C23H22N4O4S. The Morgan fingerprint density at radius 2 is 1.88 bits per heavy atom. The van der Waals surface area contributed by atoms with Crippen LogP contribution >= 0.6 is 0 Å². The lowest BCUT2D eigenvalue weighted by molar-refractivity contribution is 0.0254. The molecule has 3 aromatic rings. The molecule has 2 aromatic carbocycles. The molecule has 0 unspecified atom stereocenters. The summed E-state index contributed by atoms with van der Waals surface area (Å²) in [4.78, 5) is 9.09. The van der Waals surface area contributed by atoms with Crippen molar-refractivity contribution in [2.45, 2.75) is 23.8 Å². The van der Waals surface area contributed by atoms with Crippen molar-refractivity contribution in [1.82, 2.24) is 9.97 Å². The minimum Gasteiger partial charge on any atom is -0.489 e. The molecule has 0 saturated carbocycles. The summed E-state index contributed by atoms with van der Waals surface area (Å²) in [5.41, 5.74) is 1.81. The van der Waals surface area contributed by atoms with E-state index in [2.05, 4.69) is 21.4 Å². The van der Waals surface area contributed by atoms with E-state index >= 15 is 0 Å². The lowest BCUT2D eigenvalue weighted by Gasteiger charge is -2.23. The van der Waals surface area contributed by atoms with E-state index in [4.69, 9.17) is 9.47 Å². The fraction of sp³-hybridized carbons (Fsp3) is 0.261. The van der Waals surface area contributed by atoms with Gasteiger partial charge in [0.1, 0.15) is 23.7 Å². The summed E-state index contributed by atoms with van der Waals surface area (Å²) in [6.45, 7) is 1.32. The van der Waals surface area contributed by atoms with Crippen LogP contribution in [0.4, 0.5) is 11.5 Å². The molecule has 1 N–H and O–H groups in total. The van der Waals surface area contributed by atoms with Crippen molar-refractivity contribution in [3.63, 3.8) is 0 Å². The highest BCUT2D eigenvalue weighted by Crippen LogP contribution is 2.27. The van der Waals surface area contributed by atoms with Gasteiger partial charge in [-0.15, -0.1) is 0 Å². The van der Waals surface area contributed by atoms with Crippen molar-refractivity contribution in [3.8, 4) is 23.2 Å². The van der Waals surface area contributed by atoms with E-state index in [1.807, 2.05) is 6.07 Å². The number of benzene rings is 2. The summed E-state index contributed by atoms with van der Waals surface area (Å²) in [6, 6.07) is 15.6. The number of hydrogen-bond acceptors (Lipinski definition) is 8. The molecule has 0 spiro atoms. The first-order valence-electron chi connectivity index (χ1n) is 10.1. The van der Waals surface area contributed by atoms with Gasteiger partial charge in [-0.3, -0.25) is 0 Å². The number of sulfone groups is 1. The SMILES string of the molecule is CS(=O)(=O)c1ccc(Nc2ccnc(-c3ccc(OC4CCOCC4)c(C#N)c3)n2)cc1. The van der Waals surface area contributed by atoms with E-state index in [0.717, 1.165) is 12.8 Å². The first-order chi connectivity index (χ1) is 15.4. The Labute approximate surface area is 186 Å². The molecule has 164 valence electrons. The predicted molar refractivity (Wildman–Crippen MR) is 119 cm³/mol. The second kappa shape index (κ2) is 9.34. The van der Waals surface area contributed by atoms with Crippen LogP contribution in [0.5, 0.6) is 5.75 Å². The highest BCUT2D eigenvalue weighted by Gasteiger charge is 2.18. The molecule has 9 heteroatoms. The molecule has 1 aliphatic heterocycles. The summed E-state index contributed by atoms with van der Waals surface area (Å²) < 4.78 is 34.6. The number of aromatic nitrogens is 2. The average molecular weight is 451 g/mol. The number of anilines is 2. The van der Waals surface area contributed by atoms with Crippen molar-refractivity contribution in [2.75, 3.05) is 24.8 Å². The van der Waals surface area contributed by atoms with Crippen LogP contribution in [-0.2, 0) is 14.6 Å². The van der Waals surface area contributed by atoms with Crippen LogP contribution < -0.4 is 10.1 Å². The van der Waals surface area contributed by atoms with E-state index in [9.17, 15) is 13.7 Å². The second-order valence-electron chi connectivity index (χ2n) is 7.44. The molecule has 4 rings (SSSR count). The van der Waals surface area contributed by atoms with Gasteiger partial charge in [-0.2, -0.15) is 5.26 Å². The zero-order valence-corrected chi connectivity index (χ0v) is 18.3. The fourth-order valence-electron chi connectivity index (χ4n) is 3.33. The standard InChI is InChI=1S/C23H22N4O4S/c1-32(28,29)20-5-3-18(4-6-20)26-22-8-11-25-23(27-22)16-2-7-21(17(14-16)15-24)31-19-9-12-30-13-10-19/h2-8,11,14,19H,9-10,12-13H2,1H3,(H,25,26,27). The van der Waals surface area contributed by atoms with E-state index in [-0.39, 0.29) is 11.0 Å². The quantitative estimate of drug-likeness (QED) is 0.604. The molecule has 1 saturated heterocycles. The molecule has 0 amide bonds. The fourth-order valence-corrected chi connectivity index (χ4v) is 3.96. The molecule has 2 heterocycles. The number of ether oxygens (including phenoxy) is 2. The van der Waals surface area contributed by atoms with Gasteiger partial charge < -0.3 is 14.8 Å². The van der Waals surface area contributed by atoms with Crippen LogP contribution in [-0.4, -0.2) is 44.0 Å². The molecular weight excluding hydrogens is 428 g/mol. The number of nitriles is 1. The van der Waals surface area contributed by atoms with Gasteiger partial charge in [0.05, 0.1) is 23.7 Å². The Morgan fingerprint density at radius 3 is 2.56 bits per heavy atom. The number of nitrogens with one attached hydrogen (secondary N) is 1. The Hall–Kier alpha value is -3.48. The van der Waals surface area contributed by atoms with E-state index in [0.29, 0.717) is 47.4 Å². The second-order valence-corrected chi connectivity index (χ2v) is 9.46. The Bertz CT molecular complexity index is 1250. The van der Waals surface area contributed by atoms with Gasteiger partial charge >= 0.3 is 0 Å². The smallest absolute Gasteiger partial charge is 0.175 e.